The maximum Gasteiger partial charge on any atom is 0.0669 e. The number of nitrogen functional groups attached to an aromatic ring is 1. The van der Waals surface area contributed by atoms with Gasteiger partial charge in [0.05, 0.1) is 16.8 Å². The number of rotatable bonds is 2. The average molecular weight is 244 g/mol. The summed E-state index contributed by atoms with van der Waals surface area (Å²) in [7, 11) is 0. The molecule has 1 aliphatic rings. The fraction of sp³-hybridized carbons (Fsp3) is 0.455. The molecule has 1 aromatic rings. The average Bonchev–Trinajstić information content (AvgIpc) is 2.60. The van der Waals surface area contributed by atoms with Gasteiger partial charge in [-0.05, 0) is 25.5 Å². The molecule has 0 radical (unpaired) electrons. The van der Waals surface area contributed by atoms with Crippen LogP contribution < -0.4 is 5.73 Å². The van der Waals surface area contributed by atoms with Gasteiger partial charge in [-0.1, -0.05) is 17.7 Å². The van der Waals surface area contributed by atoms with Crippen LogP contribution in [0.2, 0.25) is 5.02 Å². The first-order chi connectivity index (χ1) is 7.18. The molecule has 2 unspecified atom stereocenters. The number of nitrogens with two attached hydrogens (primary N) is 1. The lowest BCUT2D eigenvalue weighted by atomic mass is 10.3. The molecule has 0 bridgehead atoms. The van der Waals surface area contributed by atoms with Crippen molar-refractivity contribution in [1.29, 1.82) is 0 Å². The Balaban J connectivity index is 2.13. The Morgan fingerprint density at radius 1 is 1.53 bits per heavy atom. The van der Waals surface area contributed by atoms with Crippen molar-refractivity contribution in [3.05, 3.63) is 23.2 Å². The zero-order valence-electron chi connectivity index (χ0n) is 8.57. The number of benzene rings is 1. The first kappa shape index (κ1) is 11.1. The van der Waals surface area contributed by atoms with Gasteiger partial charge < -0.3 is 10.5 Å². The summed E-state index contributed by atoms with van der Waals surface area (Å²) in [6, 6.07) is 5.76. The van der Waals surface area contributed by atoms with Crippen LogP contribution in [-0.2, 0) is 4.74 Å². The van der Waals surface area contributed by atoms with E-state index in [9.17, 15) is 0 Å². The number of thioether (sulfide) groups is 1. The molecule has 2 rings (SSSR count). The van der Waals surface area contributed by atoms with Crippen LogP contribution in [0, 0.1) is 0 Å². The van der Waals surface area contributed by atoms with Crippen LogP contribution in [0.5, 0.6) is 0 Å². The molecule has 4 heteroatoms. The Hall–Kier alpha value is -0.380. The van der Waals surface area contributed by atoms with E-state index < -0.39 is 0 Å². The Bertz CT molecular complexity index is 358. The van der Waals surface area contributed by atoms with Gasteiger partial charge >= 0.3 is 0 Å². The monoisotopic (exact) mass is 243 g/mol. The smallest absolute Gasteiger partial charge is 0.0669 e. The highest BCUT2D eigenvalue weighted by Gasteiger charge is 2.25. The zero-order chi connectivity index (χ0) is 10.8. The molecule has 1 aliphatic heterocycles. The molecule has 1 saturated heterocycles. The molecular formula is C11H14ClNOS. The fourth-order valence-electron chi connectivity index (χ4n) is 1.65. The van der Waals surface area contributed by atoms with Crippen molar-refractivity contribution in [1.82, 2.24) is 0 Å². The second kappa shape index (κ2) is 4.64. The molecule has 2 atom stereocenters. The van der Waals surface area contributed by atoms with E-state index in [1.807, 2.05) is 18.2 Å². The Morgan fingerprint density at radius 2 is 2.33 bits per heavy atom. The molecular weight excluding hydrogens is 230 g/mol. The van der Waals surface area contributed by atoms with Gasteiger partial charge in [-0.2, -0.15) is 0 Å². The van der Waals surface area contributed by atoms with Gasteiger partial charge in [0.1, 0.15) is 0 Å². The van der Waals surface area contributed by atoms with E-state index in [0.717, 1.165) is 17.9 Å². The van der Waals surface area contributed by atoms with E-state index in [0.29, 0.717) is 22.1 Å². The van der Waals surface area contributed by atoms with Gasteiger partial charge in [0.25, 0.3) is 0 Å². The molecule has 0 spiro atoms. The summed E-state index contributed by atoms with van der Waals surface area (Å²) in [6.07, 6.45) is 1.38. The van der Waals surface area contributed by atoms with Crippen molar-refractivity contribution in [2.75, 3.05) is 12.3 Å². The molecule has 15 heavy (non-hydrogen) atoms. The maximum absolute atomic E-state index is 5.97. The summed E-state index contributed by atoms with van der Waals surface area (Å²) < 4.78 is 5.51. The summed E-state index contributed by atoms with van der Waals surface area (Å²) >= 11 is 7.73. The molecule has 82 valence electrons. The Kier molecular flexibility index (Phi) is 3.44. The summed E-state index contributed by atoms with van der Waals surface area (Å²) in [4.78, 5) is 1.06. The molecule has 0 saturated carbocycles. The topological polar surface area (TPSA) is 35.2 Å². The van der Waals surface area contributed by atoms with Gasteiger partial charge in [-0.3, -0.25) is 0 Å². The van der Waals surface area contributed by atoms with Gasteiger partial charge in [0.2, 0.25) is 0 Å². The molecule has 1 fully saturated rings. The van der Waals surface area contributed by atoms with E-state index in [2.05, 4.69) is 6.92 Å². The van der Waals surface area contributed by atoms with Crippen LogP contribution in [-0.4, -0.2) is 18.0 Å². The van der Waals surface area contributed by atoms with Crippen LogP contribution in [0.4, 0.5) is 5.69 Å². The molecule has 1 heterocycles. The fourth-order valence-corrected chi connectivity index (χ4v) is 3.09. The van der Waals surface area contributed by atoms with Crippen LogP contribution in [0.3, 0.4) is 0 Å². The molecule has 0 aliphatic carbocycles. The largest absolute Gasteiger partial charge is 0.397 e. The van der Waals surface area contributed by atoms with Gasteiger partial charge in [-0.15, -0.1) is 11.8 Å². The van der Waals surface area contributed by atoms with Crippen molar-refractivity contribution in [2.45, 2.75) is 29.6 Å². The lowest BCUT2D eigenvalue weighted by molar-refractivity contribution is 0.127. The number of ether oxygens (including phenoxy) is 1. The third-order valence-electron chi connectivity index (χ3n) is 2.60. The third-order valence-corrected chi connectivity index (χ3v) is 4.46. The highest BCUT2D eigenvalue weighted by atomic mass is 35.5. The number of hydrogen-bond acceptors (Lipinski definition) is 3. The molecule has 2 nitrogen and oxygen atoms in total. The van der Waals surface area contributed by atoms with E-state index >= 15 is 0 Å². The van der Waals surface area contributed by atoms with Crippen LogP contribution >= 0.6 is 23.4 Å². The van der Waals surface area contributed by atoms with Crippen molar-refractivity contribution in [2.24, 2.45) is 0 Å². The van der Waals surface area contributed by atoms with Crippen LogP contribution in [0.1, 0.15) is 13.3 Å². The lowest BCUT2D eigenvalue weighted by Gasteiger charge is -2.15. The Labute approximate surface area is 99.1 Å². The van der Waals surface area contributed by atoms with Crippen molar-refractivity contribution < 1.29 is 4.74 Å². The summed E-state index contributed by atoms with van der Waals surface area (Å²) in [6.45, 7) is 2.95. The molecule has 2 N–H and O–H groups in total. The zero-order valence-corrected chi connectivity index (χ0v) is 10.1. The van der Waals surface area contributed by atoms with Crippen LogP contribution in [0.25, 0.3) is 0 Å². The quantitative estimate of drug-likeness (QED) is 0.811. The summed E-state index contributed by atoms with van der Waals surface area (Å²) in [5, 5.41) is 1.12. The van der Waals surface area contributed by atoms with E-state index in [4.69, 9.17) is 22.1 Å². The number of anilines is 1. The molecule has 0 aromatic heterocycles. The predicted octanol–water partition coefficient (Wildman–Crippen LogP) is 3.19. The minimum Gasteiger partial charge on any atom is -0.397 e. The lowest BCUT2D eigenvalue weighted by Crippen LogP contribution is -2.13. The SMILES string of the molecule is CC1OCCC1Sc1cccc(Cl)c1N. The van der Waals surface area contributed by atoms with E-state index in [-0.39, 0.29) is 0 Å². The Morgan fingerprint density at radius 3 is 3.00 bits per heavy atom. The second-order valence-corrected chi connectivity index (χ2v) is 5.36. The predicted molar refractivity (Wildman–Crippen MR) is 65.5 cm³/mol. The first-order valence-corrected chi connectivity index (χ1v) is 6.26. The second-order valence-electron chi connectivity index (χ2n) is 3.67. The highest BCUT2D eigenvalue weighted by Crippen LogP contribution is 2.37. The van der Waals surface area contributed by atoms with Gasteiger partial charge in [0, 0.05) is 16.8 Å². The van der Waals surface area contributed by atoms with Gasteiger partial charge in [0.15, 0.2) is 0 Å². The summed E-state index contributed by atoms with van der Waals surface area (Å²) in [5.41, 5.74) is 6.60. The first-order valence-electron chi connectivity index (χ1n) is 5.00. The minimum atomic E-state index is 0.299. The third kappa shape index (κ3) is 2.41. The van der Waals surface area contributed by atoms with Crippen molar-refractivity contribution in [3.8, 4) is 0 Å². The standard InChI is InChI=1S/C11H14ClNOS/c1-7-9(5-6-14-7)15-10-4-2-3-8(12)11(10)13/h2-4,7,9H,5-6,13H2,1H3. The van der Waals surface area contributed by atoms with E-state index in [1.165, 1.54) is 0 Å². The highest BCUT2D eigenvalue weighted by molar-refractivity contribution is 8.00. The summed E-state index contributed by atoms with van der Waals surface area (Å²) in [5.74, 6) is 0. The van der Waals surface area contributed by atoms with Crippen LogP contribution in [0.15, 0.2) is 23.1 Å². The van der Waals surface area contributed by atoms with Gasteiger partial charge in [-0.25, -0.2) is 0 Å². The maximum atomic E-state index is 5.97. The van der Waals surface area contributed by atoms with Crippen molar-refractivity contribution in [3.63, 3.8) is 0 Å². The molecule has 0 amide bonds. The number of para-hydroxylation sites is 1. The molecule has 1 aromatic carbocycles. The van der Waals surface area contributed by atoms with E-state index in [1.54, 1.807) is 11.8 Å². The number of hydrogen-bond donors (Lipinski definition) is 1. The number of halogens is 1. The van der Waals surface area contributed by atoms with Crippen molar-refractivity contribution >= 4 is 29.1 Å². The minimum absolute atomic E-state index is 0.299. The normalized spacial score (nSPS) is 25.7.